The van der Waals surface area contributed by atoms with Crippen molar-refractivity contribution in [2.75, 3.05) is 17.1 Å². The average Bonchev–Trinajstić information content (AvgIpc) is 2.76. The zero-order valence-electron chi connectivity index (χ0n) is 17.4. The molecule has 0 unspecified atom stereocenters. The monoisotopic (exact) mass is 414 g/mol. The van der Waals surface area contributed by atoms with Crippen LogP contribution in [0.3, 0.4) is 0 Å². The molecule has 0 saturated carbocycles. The molecule has 6 heteroatoms. The first-order valence-corrected chi connectivity index (χ1v) is 12.0. The van der Waals surface area contributed by atoms with E-state index in [1.54, 1.807) is 31.2 Å². The number of anilines is 1. The Kier molecular flexibility index (Phi) is 6.63. The second kappa shape index (κ2) is 8.99. The molecule has 5 nitrogen and oxygen atoms in total. The van der Waals surface area contributed by atoms with Crippen LogP contribution in [0.25, 0.3) is 0 Å². The molecule has 156 valence electrons. The molecule has 1 atom stereocenters. The van der Waals surface area contributed by atoms with Crippen molar-refractivity contribution in [3.8, 4) is 0 Å². The zero-order chi connectivity index (χ0) is 21.0. The molecule has 0 bridgehead atoms. The molecule has 0 heterocycles. The van der Waals surface area contributed by atoms with Crippen LogP contribution < -0.4 is 9.62 Å². The summed E-state index contributed by atoms with van der Waals surface area (Å²) in [6, 6.07) is 13.2. The van der Waals surface area contributed by atoms with Crippen LogP contribution in [0, 0.1) is 0 Å². The fourth-order valence-corrected chi connectivity index (χ4v) is 4.64. The summed E-state index contributed by atoms with van der Waals surface area (Å²) in [6.45, 7) is 3.68. The normalized spacial score (nSPS) is 14.7. The van der Waals surface area contributed by atoms with Crippen LogP contribution in [0.5, 0.6) is 0 Å². The van der Waals surface area contributed by atoms with E-state index in [0.717, 1.165) is 24.8 Å². The number of sulfonamides is 1. The highest BCUT2D eigenvalue weighted by Gasteiger charge is 2.19. The van der Waals surface area contributed by atoms with Crippen LogP contribution in [-0.2, 0) is 22.9 Å². The fourth-order valence-electron chi connectivity index (χ4n) is 3.81. The number of nitrogens with one attached hydrogen (secondary N) is 1. The van der Waals surface area contributed by atoms with E-state index in [4.69, 9.17) is 0 Å². The van der Waals surface area contributed by atoms with Gasteiger partial charge in [-0.15, -0.1) is 0 Å². The summed E-state index contributed by atoms with van der Waals surface area (Å²) < 4.78 is 25.3. The summed E-state index contributed by atoms with van der Waals surface area (Å²) in [4.78, 5) is 12.8. The van der Waals surface area contributed by atoms with Crippen LogP contribution in [0.4, 0.5) is 5.69 Å². The largest absolute Gasteiger partial charge is 0.345 e. The average molecular weight is 415 g/mol. The van der Waals surface area contributed by atoms with Gasteiger partial charge in [-0.2, -0.15) is 0 Å². The van der Waals surface area contributed by atoms with Crippen LogP contribution in [-0.4, -0.2) is 27.1 Å². The summed E-state index contributed by atoms with van der Waals surface area (Å²) in [7, 11) is -1.79. The van der Waals surface area contributed by atoms with Gasteiger partial charge in [-0.3, -0.25) is 9.10 Å². The molecule has 0 aliphatic heterocycles. The van der Waals surface area contributed by atoms with Gasteiger partial charge in [0.25, 0.3) is 5.91 Å². The summed E-state index contributed by atoms with van der Waals surface area (Å²) in [5.41, 5.74) is 5.05. The predicted octanol–water partition coefficient (Wildman–Crippen LogP) is 4.23. The lowest BCUT2D eigenvalue weighted by atomic mass is 9.88. The van der Waals surface area contributed by atoms with Crippen molar-refractivity contribution >= 4 is 21.6 Å². The minimum Gasteiger partial charge on any atom is -0.345 e. The van der Waals surface area contributed by atoms with Gasteiger partial charge in [0, 0.05) is 12.6 Å². The van der Waals surface area contributed by atoms with E-state index in [9.17, 15) is 13.2 Å². The van der Waals surface area contributed by atoms with Gasteiger partial charge in [0.2, 0.25) is 10.0 Å². The lowest BCUT2D eigenvalue weighted by Gasteiger charge is -2.22. The van der Waals surface area contributed by atoms with Crippen LogP contribution in [0.15, 0.2) is 42.5 Å². The Morgan fingerprint density at radius 2 is 1.69 bits per heavy atom. The van der Waals surface area contributed by atoms with Gasteiger partial charge in [-0.25, -0.2) is 8.42 Å². The highest BCUT2D eigenvalue weighted by molar-refractivity contribution is 7.92. The molecule has 0 radical (unpaired) electrons. The second-order valence-corrected chi connectivity index (χ2v) is 9.87. The SMILES string of the molecule is CC[C@H](NC(=O)c1ccc(N(C)S(=O)(=O)CC)cc1)c1ccc2c(c1)CCCC2. The number of rotatable bonds is 7. The maximum absolute atomic E-state index is 12.8. The first-order chi connectivity index (χ1) is 13.9. The van der Waals surface area contributed by atoms with Crippen molar-refractivity contribution in [3.05, 3.63) is 64.7 Å². The van der Waals surface area contributed by atoms with Crippen molar-refractivity contribution < 1.29 is 13.2 Å². The molecule has 1 aliphatic rings. The van der Waals surface area contributed by atoms with Crippen molar-refractivity contribution in [2.24, 2.45) is 0 Å². The number of fused-ring (bicyclic) bond motifs is 1. The minimum absolute atomic E-state index is 0.0324. The number of benzene rings is 2. The molecule has 29 heavy (non-hydrogen) atoms. The van der Waals surface area contributed by atoms with Gasteiger partial charge in [0.05, 0.1) is 17.5 Å². The van der Waals surface area contributed by atoms with Crippen molar-refractivity contribution in [2.45, 2.75) is 52.0 Å². The summed E-state index contributed by atoms with van der Waals surface area (Å²) >= 11 is 0. The molecule has 1 N–H and O–H groups in total. The maximum atomic E-state index is 12.8. The number of carbonyl (C=O) groups is 1. The molecule has 3 rings (SSSR count). The van der Waals surface area contributed by atoms with Gasteiger partial charge in [-0.1, -0.05) is 25.1 Å². The quantitative estimate of drug-likeness (QED) is 0.737. The van der Waals surface area contributed by atoms with Gasteiger partial charge >= 0.3 is 0 Å². The molecule has 1 aliphatic carbocycles. The van der Waals surface area contributed by atoms with E-state index in [0.29, 0.717) is 11.3 Å². The van der Waals surface area contributed by atoms with Gasteiger partial charge < -0.3 is 5.32 Å². The molecule has 0 spiro atoms. The lowest BCUT2D eigenvalue weighted by molar-refractivity contribution is 0.0935. The Bertz CT molecular complexity index is 968. The lowest BCUT2D eigenvalue weighted by Crippen LogP contribution is -2.29. The summed E-state index contributed by atoms with van der Waals surface area (Å²) in [5.74, 6) is -0.118. The molecule has 2 aromatic rings. The Morgan fingerprint density at radius 3 is 2.31 bits per heavy atom. The summed E-state index contributed by atoms with van der Waals surface area (Å²) in [6.07, 6.45) is 5.55. The highest BCUT2D eigenvalue weighted by Crippen LogP contribution is 2.26. The van der Waals surface area contributed by atoms with Crippen LogP contribution in [0.1, 0.15) is 66.2 Å². The number of amides is 1. The Balaban J connectivity index is 1.73. The van der Waals surface area contributed by atoms with Crippen molar-refractivity contribution in [3.63, 3.8) is 0 Å². The number of hydrogen-bond donors (Lipinski definition) is 1. The number of nitrogens with zero attached hydrogens (tertiary/aromatic N) is 1. The third-order valence-corrected chi connectivity index (χ3v) is 7.54. The first kappa shape index (κ1) is 21.4. The van der Waals surface area contributed by atoms with E-state index >= 15 is 0 Å². The maximum Gasteiger partial charge on any atom is 0.251 e. The van der Waals surface area contributed by atoms with Crippen LogP contribution >= 0.6 is 0 Å². The molecule has 2 aromatic carbocycles. The number of carbonyl (C=O) groups excluding carboxylic acids is 1. The van der Waals surface area contributed by atoms with Gasteiger partial charge in [-0.05, 0) is 80.0 Å². The molecular formula is C23H30N2O3S. The molecule has 0 fully saturated rings. The van der Waals surface area contributed by atoms with E-state index in [2.05, 4.69) is 30.4 Å². The third kappa shape index (κ3) is 4.81. The number of hydrogen-bond acceptors (Lipinski definition) is 3. The van der Waals surface area contributed by atoms with Crippen molar-refractivity contribution in [1.29, 1.82) is 0 Å². The topological polar surface area (TPSA) is 66.5 Å². The molecular weight excluding hydrogens is 384 g/mol. The van der Waals surface area contributed by atoms with E-state index in [1.165, 1.54) is 35.3 Å². The second-order valence-electron chi connectivity index (χ2n) is 7.58. The smallest absolute Gasteiger partial charge is 0.251 e. The standard InChI is InChI=1S/C23H30N2O3S/c1-4-22(20-11-10-17-8-6-7-9-19(17)16-20)24-23(26)18-12-14-21(15-13-18)25(3)29(27,28)5-2/h10-16,22H,4-9H2,1-3H3,(H,24,26)/t22-/m0/s1. The zero-order valence-corrected chi connectivity index (χ0v) is 18.3. The molecule has 1 amide bonds. The fraction of sp³-hybridized carbons (Fsp3) is 0.435. The summed E-state index contributed by atoms with van der Waals surface area (Å²) in [5, 5.41) is 3.13. The van der Waals surface area contributed by atoms with E-state index in [1.807, 2.05) is 0 Å². The third-order valence-electron chi connectivity index (χ3n) is 5.76. The highest BCUT2D eigenvalue weighted by atomic mass is 32.2. The van der Waals surface area contributed by atoms with Crippen LogP contribution in [0.2, 0.25) is 0 Å². The van der Waals surface area contributed by atoms with E-state index < -0.39 is 10.0 Å². The Labute approximate surface area is 174 Å². The van der Waals surface area contributed by atoms with Crippen molar-refractivity contribution in [1.82, 2.24) is 5.32 Å². The Hall–Kier alpha value is -2.34. The number of aryl methyl sites for hydroxylation is 2. The van der Waals surface area contributed by atoms with Gasteiger partial charge in [0.1, 0.15) is 0 Å². The Morgan fingerprint density at radius 1 is 1.03 bits per heavy atom. The minimum atomic E-state index is -3.32. The molecule has 0 aromatic heterocycles. The van der Waals surface area contributed by atoms with Gasteiger partial charge in [0.15, 0.2) is 0 Å². The van der Waals surface area contributed by atoms with E-state index in [-0.39, 0.29) is 17.7 Å². The first-order valence-electron chi connectivity index (χ1n) is 10.3. The predicted molar refractivity (Wildman–Crippen MR) is 118 cm³/mol. The molecule has 0 saturated heterocycles.